The molecule has 0 aliphatic heterocycles. The van der Waals surface area contributed by atoms with Gasteiger partial charge in [0.2, 0.25) is 0 Å². The first-order chi connectivity index (χ1) is 7.93. The summed E-state index contributed by atoms with van der Waals surface area (Å²) in [7, 11) is 0. The van der Waals surface area contributed by atoms with Crippen LogP contribution in [0, 0.1) is 27.7 Å². The summed E-state index contributed by atoms with van der Waals surface area (Å²) in [4.78, 5) is 4.72. The average molecular weight is 229 g/mol. The van der Waals surface area contributed by atoms with Crippen molar-refractivity contribution in [1.82, 2.24) is 15.2 Å². The molecule has 0 unspecified atom stereocenters. The van der Waals surface area contributed by atoms with Crippen LogP contribution in [0.5, 0.6) is 0 Å². The molecule has 0 spiro atoms. The Labute approximate surface area is 102 Å². The Morgan fingerprint density at radius 1 is 0.765 bits per heavy atom. The lowest BCUT2D eigenvalue weighted by Gasteiger charge is -2.14. The van der Waals surface area contributed by atoms with E-state index >= 15 is 0 Å². The number of pyridine rings is 1. The smallest absolute Gasteiger partial charge is 0.115 e. The van der Waals surface area contributed by atoms with E-state index in [2.05, 4.69) is 44.8 Å². The number of rotatable bonds is 1. The van der Waals surface area contributed by atoms with Gasteiger partial charge in [-0.15, -0.1) is 5.10 Å². The van der Waals surface area contributed by atoms with Crippen LogP contribution in [0.25, 0.3) is 11.0 Å². The summed E-state index contributed by atoms with van der Waals surface area (Å²) in [6, 6.07) is 0. The molecular formula is C14H19N3. The van der Waals surface area contributed by atoms with E-state index in [1.165, 1.54) is 16.7 Å². The fraction of sp³-hybridized carbons (Fsp3) is 0.500. The van der Waals surface area contributed by atoms with Gasteiger partial charge in [-0.1, -0.05) is 13.8 Å². The van der Waals surface area contributed by atoms with Crippen LogP contribution in [0.1, 0.15) is 47.8 Å². The summed E-state index contributed by atoms with van der Waals surface area (Å²) in [5, 5.41) is 8.58. The van der Waals surface area contributed by atoms with E-state index in [-0.39, 0.29) is 0 Å². The van der Waals surface area contributed by atoms with Crippen LogP contribution < -0.4 is 0 Å². The molecule has 3 nitrogen and oxygen atoms in total. The van der Waals surface area contributed by atoms with Gasteiger partial charge in [-0.3, -0.25) is 4.98 Å². The summed E-state index contributed by atoms with van der Waals surface area (Å²) < 4.78 is 0. The maximum absolute atomic E-state index is 4.72. The third kappa shape index (κ3) is 1.79. The molecule has 2 aromatic rings. The number of aryl methyl sites for hydroxylation is 3. The third-order valence-electron chi connectivity index (χ3n) is 3.49. The minimum absolute atomic E-state index is 0.419. The molecule has 2 rings (SSSR count). The zero-order valence-electron chi connectivity index (χ0n) is 11.4. The summed E-state index contributed by atoms with van der Waals surface area (Å²) >= 11 is 0. The van der Waals surface area contributed by atoms with Crippen molar-refractivity contribution in [1.29, 1.82) is 0 Å². The average Bonchev–Trinajstić information content (AvgIpc) is 2.25. The summed E-state index contributed by atoms with van der Waals surface area (Å²) in [5.41, 5.74) is 7.68. The highest BCUT2D eigenvalue weighted by molar-refractivity contribution is 5.82. The maximum atomic E-state index is 4.72. The van der Waals surface area contributed by atoms with Crippen molar-refractivity contribution in [2.24, 2.45) is 0 Å². The van der Waals surface area contributed by atoms with E-state index in [1.807, 2.05) is 6.92 Å². The predicted molar refractivity (Wildman–Crippen MR) is 70.4 cm³/mol. The lowest BCUT2D eigenvalue weighted by molar-refractivity contribution is 0.831. The molecule has 0 saturated heterocycles. The zero-order chi connectivity index (χ0) is 12.7. The lowest BCUT2D eigenvalue weighted by Crippen LogP contribution is -2.05. The van der Waals surface area contributed by atoms with Crippen LogP contribution in [-0.2, 0) is 0 Å². The van der Waals surface area contributed by atoms with Crippen LogP contribution in [0.2, 0.25) is 0 Å². The topological polar surface area (TPSA) is 38.7 Å². The Morgan fingerprint density at radius 2 is 1.41 bits per heavy atom. The second-order valence-corrected chi connectivity index (χ2v) is 5.00. The van der Waals surface area contributed by atoms with Crippen LogP contribution >= 0.6 is 0 Å². The zero-order valence-corrected chi connectivity index (χ0v) is 11.4. The van der Waals surface area contributed by atoms with E-state index in [0.29, 0.717) is 5.92 Å². The van der Waals surface area contributed by atoms with Gasteiger partial charge in [-0.05, 0) is 44.7 Å². The van der Waals surface area contributed by atoms with Gasteiger partial charge >= 0.3 is 0 Å². The standard InChI is InChI=1S/C14H19N3/c1-7(2)12-11(6)16-17-13-9(4)8(3)10(5)15-14(12)13/h7H,1-6H3. The Hall–Kier alpha value is -1.51. The molecule has 0 aromatic carbocycles. The van der Waals surface area contributed by atoms with E-state index in [0.717, 1.165) is 22.4 Å². The molecule has 17 heavy (non-hydrogen) atoms. The minimum Gasteiger partial charge on any atom is -0.251 e. The van der Waals surface area contributed by atoms with Gasteiger partial charge in [0.15, 0.2) is 0 Å². The highest BCUT2D eigenvalue weighted by Crippen LogP contribution is 2.28. The van der Waals surface area contributed by atoms with Crippen molar-refractivity contribution in [2.45, 2.75) is 47.5 Å². The van der Waals surface area contributed by atoms with Gasteiger partial charge in [-0.2, -0.15) is 5.10 Å². The fourth-order valence-electron chi connectivity index (χ4n) is 2.28. The van der Waals surface area contributed by atoms with Crippen molar-refractivity contribution < 1.29 is 0 Å². The van der Waals surface area contributed by atoms with Crippen molar-refractivity contribution >= 4 is 11.0 Å². The Bertz CT molecular complexity index is 586. The van der Waals surface area contributed by atoms with Gasteiger partial charge in [0.05, 0.1) is 11.2 Å². The third-order valence-corrected chi connectivity index (χ3v) is 3.49. The molecule has 90 valence electrons. The van der Waals surface area contributed by atoms with Crippen LogP contribution in [0.4, 0.5) is 0 Å². The van der Waals surface area contributed by atoms with E-state index in [1.54, 1.807) is 0 Å². The number of hydrogen-bond donors (Lipinski definition) is 0. The summed E-state index contributed by atoms with van der Waals surface area (Å²) in [5.74, 6) is 0.419. The second-order valence-electron chi connectivity index (χ2n) is 5.00. The van der Waals surface area contributed by atoms with Crippen molar-refractivity contribution in [3.8, 4) is 0 Å². The Kier molecular flexibility index (Phi) is 2.86. The molecule has 3 heteroatoms. The SMILES string of the molecule is Cc1nc2c(C(C)C)c(C)nnc2c(C)c1C. The minimum atomic E-state index is 0.419. The van der Waals surface area contributed by atoms with Crippen LogP contribution in [0.15, 0.2) is 0 Å². The highest BCUT2D eigenvalue weighted by atomic mass is 15.1. The largest absolute Gasteiger partial charge is 0.251 e. The molecule has 0 amide bonds. The molecule has 0 bridgehead atoms. The molecule has 0 aliphatic rings. The molecule has 2 aromatic heterocycles. The van der Waals surface area contributed by atoms with Gasteiger partial charge in [0.1, 0.15) is 5.52 Å². The monoisotopic (exact) mass is 229 g/mol. The highest BCUT2D eigenvalue weighted by Gasteiger charge is 2.15. The van der Waals surface area contributed by atoms with Crippen LogP contribution in [0.3, 0.4) is 0 Å². The molecule has 0 saturated carbocycles. The second kappa shape index (κ2) is 4.06. The molecule has 0 aliphatic carbocycles. The molecule has 0 atom stereocenters. The number of aromatic nitrogens is 3. The van der Waals surface area contributed by atoms with E-state index in [9.17, 15) is 0 Å². The summed E-state index contributed by atoms with van der Waals surface area (Å²) in [6.07, 6.45) is 0. The Morgan fingerprint density at radius 3 is 2.00 bits per heavy atom. The molecule has 0 fully saturated rings. The number of hydrogen-bond acceptors (Lipinski definition) is 3. The first kappa shape index (κ1) is 12.0. The van der Waals surface area contributed by atoms with Gasteiger partial charge in [0.25, 0.3) is 0 Å². The van der Waals surface area contributed by atoms with E-state index in [4.69, 9.17) is 4.98 Å². The molecular weight excluding hydrogens is 210 g/mol. The molecule has 2 heterocycles. The molecule has 0 N–H and O–H groups in total. The van der Waals surface area contributed by atoms with Gasteiger partial charge in [0, 0.05) is 11.3 Å². The van der Waals surface area contributed by atoms with E-state index < -0.39 is 0 Å². The predicted octanol–water partition coefficient (Wildman–Crippen LogP) is 3.38. The molecule has 0 radical (unpaired) electrons. The van der Waals surface area contributed by atoms with Crippen molar-refractivity contribution in [3.05, 3.63) is 28.1 Å². The normalized spacial score (nSPS) is 11.5. The quantitative estimate of drug-likeness (QED) is 0.752. The van der Waals surface area contributed by atoms with Gasteiger partial charge < -0.3 is 0 Å². The first-order valence-corrected chi connectivity index (χ1v) is 6.04. The van der Waals surface area contributed by atoms with Crippen LogP contribution in [-0.4, -0.2) is 15.2 Å². The van der Waals surface area contributed by atoms with Crippen molar-refractivity contribution in [3.63, 3.8) is 0 Å². The maximum Gasteiger partial charge on any atom is 0.115 e. The lowest BCUT2D eigenvalue weighted by atomic mass is 9.98. The van der Waals surface area contributed by atoms with Crippen molar-refractivity contribution in [2.75, 3.05) is 0 Å². The summed E-state index contributed by atoms with van der Waals surface area (Å²) in [6.45, 7) is 12.6. The number of nitrogens with zero attached hydrogens (tertiary/aromatic N) is 3. The Balaban J connectivity index is 2.95. The number of fused-ring (bicyclic) bond motifs is 1. The first-order valence-electron chi connectivity index (χ1n) is 6.04. The fourth-order valence-corrected chi connectivity index (χ4v) is 2.28. The van der Waals surface area contributed by atoms with Gasteiger partial charge in [-0.25, -0.2) is 0 Å².